The Morgan fingerprint density at radius 1 is 1.48 bits per heavy atom. The molecular formula is C15H17N3O3. The van der Waals surface area contributed by atoms with Crippen LogP contribution < -0.4 is 10.2 Å². The Morgan fingerprint density at radius 2 is 2.19 bits per heavy atom. The number of anilines is 2. The molecule has 0 unspecified atom stereocenters. The molecule has 0 saturated carbocycles. The quantitative estimate of drug-likeness (QED) is 0.509. The van der Waals surface area contributed by atoms with E-state index in [1.165, 1.54) is 18.0 Å². The molecule has 0 spiro atoms. The van der Waals surface area contributed by atoms with E-state index in [1.54, 1.807) is 44.3 Å². The number of rotatable bonds is 5. The molecule has 1 amide bonds. The summed E-state index contributed by atoms with van der Waals surface area (Å²) in [7, 11) is 1.66. The maximum atomic E-state index is 11.5. The van der Waals surface area contributed by atoms with Crippen LogP contribution >= 0.6 is 0 Å². The van der Waals surface area contributed by atoms with E-state index in [2.05, 4.69) is 5.32 Å². The molecule has 6 heteroatoms. The highest BCUT2D eigenvalue weighted by molar-refractivity contribution is 5.93. The summed E-state index contributed by atoms with van der Waals surface area (Å²) in [5.41, 5.74) is 1.23. The van der Waals surface area contributed by atoms with Crippen LogP contribution in [0, 0.1) is 11.3 Å². The monoisotopic (exact) mass is 287 g/mol. The first-order chi connectivity index (χ1) is 9.99. The van der Waals surface area contributed by atoms with Crippen LogP contribution in [0.4, 0.5) is 11.4 Å². The summed E-state index contributed by atoms with van der Waals surface area (Å²) in [6, 6.07) is 8.81. The van der Waals surface area contributed by atoms with E-state index in [1.807, 2.05) is 0 Å². The van der Waals surface area contributed by atoms with Crippen molar-refractivity contribution in [2.45, 2.75) is 13.8 Å². The maximum Gasteiger partial charge on any atom is 0.350 e. The molecule has 110 valence electrons. The molecule has 21 heavy (non-hydrogen) atoms. The van der Waals surface area contributed by atoms with Crippen molar-refractivity contribution >= 4 is 23.3 Å². The molecule has 0 atom stereocenters. The average molecular weight is 287 g/mol. The van der Waals surface area contributed by atoms with Gasteiger partial charge >= 0.3 is 5.97 Å². The first kappa shape index (κ1) is 16.2. The van der Waals surface area contributed by atoms with E-state index in [0.717, 1.165) is 0 Å². The Balaban J connectivity index is 2.89. The van der Waals surface area contributed by atoms with Crippen LogP contribution in [0.25, 0.3) is 0 Å². The average Bonchev–Trinajstić information content (AvgIpc) is 2.47. The summed E-state index contributed by atoms with van der Waals surface area (Å²) >= 11 is 0. The lowest BCUT2D eigenvalue weighted by molar-refractivity contribution is -0.138. The molecular weight excluding hydrogens is 270 g/mol. The van der Waals surface area contributed by atoms with Gasteiger partial charge in [0.05, 0.1) is 6.61 Å². The van der Waals surface area contributed by atoms with Crippen LogP contribution in [0.3, 0.4) is 0 Å². The number of nitrogens with zero attached hydrogens (tertiary/aromatic N) is 2. The van der Waals surface area contributed by atoms with Gasteiger partial charge in [0, 0.05) is 31.5 Å². The number of ether oxygens (including phenoxy) is 1. The van der Waals surface area contributed by atoms with E-state index in [0.29, 0.717) is 11.4 Å². The van der Waals surface area contributed by atoms with Crippen molar-refractivity contribution < 1.29 is 14.3 Å². The molecule has 0 aliphatic carbocycles. The van der Waals surface area contributed by atoms with Gasteiger partial charge in [0.2, 0.25) is 5.91 Å². The zero-order chi connectivity index (χ0) is 15.8. The molecule has 0 fully saturated rings. The Kier molecular flexibility index (Phi) is 5.96. The second kappa shape index (κ2) is 7.70. The maximum absolute atomic E-state index is 11.5. The van der Waals surface area contributed by atoms with E-state index in [4.69, 9.17) is 10.00 Å². The number of nitrogens with one attached hydrogen (secondary N) is 1. The highest BCUT2D eigenvalue weighted by atomic mass is 16.5. The number of esters is 1. The molecule has 1 N–H and O–H groups in total. The summed E-state index contributed by atoms with van der Waals surface area (Å²) < 4.78 is 4.75. The van der Waals surface area contributed by atoms with Crippen LogP contribution in [0.1, 0.15) is 13.8 Å². The lowest BCUT2D eigenvalue weighted by Crippen LogP contribution is -2.22. The molecule has 0 saturated heterocycles. The molecule has 1 aromatic carbocycles. The third-order valence-electron chi connectivity index (χ3n) is 2.70. The Morgan fingerprint density at radius 3 is 2.76 bits per heavy atom. The standard InChI is InChI=1S/C15H17N3O3/c1-4-21-15(20)12(9-16)10-17-13-6-5-7-14(8-13)18(3)11(2)19/h5-8,10,17H,4H2,1-3H3/b12-10+. The summed E-state index contributed by atoms with van der Waals surface area (Å²) in [6.07, 6.45) is 1.28. The van der Waals surface area contributed by atoms with Crippen LogP contribution in [0.5, 0.6) is 0 Å². The van der Waals surface area contributed by atoms with Crippen molar-refractivity contribution in [1.82, 2.24) is 0 Å². The van der Waals surface area contributed by atoms with E-state index >= 15 is 0 Å². The fraction of sp³-hybridized carbons (Fsp3) is 0.267. The summed E-state index contributed by atoms with van der Waals surface area (Å²) in [5.74, 6) is -0.767. The normalized spacial score (nSPS) is 10.5. The third-order valence-corrected chi connectivity index (χ3v) is 2.70. The largest absolute Gasteiger partial charge is 0.462 e. The Bertz CT molecular complexity index is 602. The summed E-state index contributed by atoms with van der Waals surface area (Å²) in [5, 5.41) is 11.8. The van der Waals surface area contributed by atoms with Crippen molar-refractivity contribution in [3.05, 3.63) is 36.0 Å². The summed E-state index contributed by atoms with van der Waals surface area (Å²) in [6.45, 7) is 3.34. The first-order valence-corrected chi connectivity index (χ1v) is 6.37. The zero-order valence-corrected chi connectivity index (χ0v) is 12.2. The molecule has 0 radical (unpaired) electrons. The smallest absolute Gasteiger partial charge is 0.350 e. The van der Waals surface area contributed by atoms with Gasteiger partial charge in [-0.15, -0.1) is 0 Å². The van der Waals surface area contributed by atoms with E-state index in [-0.39, 0.29) is 18.1 Å². The van der Waals surface area contributed by atoms with Crippen molar-refractivity contribution in [3.63, 3.8) is 0 Å². The molecule has 0 aromatic heterocycles. The van der Waals surface area contributed by atoms with Gasteiger partial charge in [0.25, 0.3) is 0 Å². The highest BCUT2D eigenvalue weighted by Crippen LogP contribution is 2.18. The second-order valence-corrected chi connectivity index (χ2v) is 4.16. The van der Waals surface area contributed by atoms with Gasteiger partial charge in [-0.3, -0.25) is 4.79 Å². The molecule has 0 heterocycles. The lowest BCUT2D eigenvalue weighted by atomic mass is 10.2. The minimum absolute atomic E-state index is 0.0908. The second-order valence-electron chi connectivity index (χ2n) is 4.16. The molecule has 6 nitrogen and oxygen atoms in total. The zero-order valence-electron chi connectivity index (χ0n) is 12.2. The number of nitriles is 1. The number of benzene rings is 1. The van der Waals surface area contributed by atoms with Crippen molar-refractivity contribution in [2.24, 2.45) is 0 Å². The van der Waals surface area contributed by atoms with Gasteiger partial charge in [-0.2, -0.15) is 5.26 Å². The number of carbonyl (C=O) groups excluding carboxylic acids is 2. The van der Waals surface area contributed by atoms with Crippen LogP contribution in [-0.2, 0) is 14.3 Å². The molecule has 1 aromatic rings. The SMILES string of the molecule is CCOC(=O)/C(C#N)=C/Nc1cccc(N(C)C(C)=O)c1. The van der Waals surface area contributed by atoms with E-state index in [9.17, 15) is 9.59 Å². The number of amides is 1. The third kappa shape index (κ3) is 4.66. The molecule has 1 rings (SSSR count). The molecule has 0 aliphatic rings. The van der Waals surface area contributed by atoms with Crippen molar-refractivity contribution in [3.8, 4) is 6.07 Å². The minimum Gasteiger partial charge on any atom is -0.462 e. The van der Waals surface area contributed by atoms with Crippen LogP contribution in [0.15, 0.2) is 36.0 Å². The predicted octanol–water partition coefficient (Wildman–Crippen LogP) is 2.05. The lowest BCUT2D eigenvalue weighted by Gasteiger charge is -2.15. The van der Waals surface area contributed by atoms with Crippen LogP contribution in [-0.4, -0.2) is 25.5 Å². The van der Waals surface area contributed by atoms with Gasteiger partial charge < -0.3 is 15.0 Å². The number of hydrogen-bond donors (Lipinski definition) is 1. The first-order valence-electron chi connectivity index (χ1n) is 6.37. The van der Waals surface area contributed by atoms with Gasteiger partial charge in [-0.1, -0.05) is 6.07 Å². The topological polar surface area (TPSA) is 82.4 Å². The van der Waals surface area contributed by atoms with Crippen molar-refractivity contribution in [2.75, 3.05) is 23.9 Å². The fourth-order valence-electron chi connectivity index (χ4n) is 1.49. The van der Waals surface area contributed by atoms with Crippen LogP contribution in [0.2, 0.25) is 0 Å². The van der Waals surface area contributed by atoms with Gasteiger partial charge in [0.1, 0.15) is 6.07 Å². The van der Waals surface area contributed by atoms with Gasteiger partial charge in [-0.25, -0.2) is 4.79 Å². The fourth-order valence-corrected chi connectivity index (χ4v) is 1.49. The summed E-state index contributed by atoms with van der Waals surface area (Å²) in [4.78, 5) is 24.3. The predicted molar refractivity (Wildman–Crippen MR) is 79.5 cm³/mol. The molecule has 0 bridgehead atoms. The highest BCUT2D eigenvalue weighted by Gasteiger charge is 2.09. The number of carbonyl (C=O) groups is 2. The molecule has 0 aliphatic heterocycles. The number of hydrogen-bond acceptors (Lipinski definition) is 5. The van der Waals surface area contributed by atoms with Gasteiger partial charge in [-0.05, 0) is 25.1 Å². The Labute approximate surface area is 123 Å². The van der Waals surface area contributed by atoms with Crippen molar-refractivity contribution in [1.29, 1.82) is 5.26 Å². The van der Waals surface area contributed by atoms with Gasteiger partial charge in [0.15, 0.2) is 5.57 Å². The van der Waals surface area contributed by atoms with E-state index < -0.39 is 5.97 Å². The Hall–Kier alpha value is -2.81. The minimum atomic E-state index is -0.676.